The zero-order valence-corrected chi connectivity index (χ0v) is 10.1. The number of hydrogen-bond acceptors (Lipinski definition) is 3. The normalized spacial score (nSPS) is 10.1. The maximum Gasteiger partial charge on any atom is 0.275 e. The first-order chi connectivity index (χ1) is 7.66. The summed E-state index contributed by atoms with van der Waals surface area (Å²) in [6, 6.07) is 6.89. The smallest absolute Gasteiger partial charge is 0.275 e. The lowest BCUT2D eigenvalue weighted by atomic mass is 10.3. The van der Waals surface area contributed by atoms with Gasteiger partial charge in [-0.2, -0.15) is 5.10 Å². The van der Waals surface area contributed by atoms with Gasteiger partial charge < -0.3 is 5.32 Å². The van der Waals surface area contributed by atoms with E-state index in [0.29, 0.717) is 16.1 Å². The number of halogens is 1. The molecule has 82 valence electrons. The van der Waals surface area contributed by atoms with E-state index in [1.54, 1.807) is 42.2 Å². The molecule has 1 amide bonds. The monoisotopic (exact) mass is 280 g/mol. The third-order valence-corrected chi connectivity index (χ3v) is 2.45. The molecule has 0 radical (unpaired) electrons. The van der Waals surface area contributed by atoms with E-state index in [-0.39, 0.29) is 5.91 Å². The van der Waals surface area contributed by atoms with Gasteiger partial charge in [0.2, 0.25) is 0 Å². The minimum absolute atomic E-state index is 0.259. The maximum absolute atomic E-state index is 11.8. The van der Waals surface area contributed by atoms with Crippen molar-refractivity contribution in [1.82, 2.24) is 14.8 Å². The van der Waals surface area contributed by atoms with E-state index in [2.05, 4.69) is 31.3 Å². The number of carbonyl (C=O) groups excluding carboxylic acids is 1. The molecule has 2 aromatic rings. The zero-order valence-electron chi connectivity index (χ0n) is 8.51. The summed E-state index contributed by atoms with van der Waals surface area (Å²) in [6.07, 6.45) is 1.62. The van der Waals surface area contributed by atoms with Gasteiger partial charge >= 0.3 is 0 Å². The van der Waals surface area contributed by atoms with Crippen molar-refractivity contribution >= 4 is 27.7 Å². The van der Waals surface area contributed by atoms with Crippen LogP contribution in [0.4, 0.5) is 5.82 Å². The van der Waals surface area contributed by atoms with Gasteiger partial charge in [-0.1, -0.05) is 6.07 Å². The average molecular weight is 281 g/mol. The van der Waals surface area contributed by atoms with Crippen LogP contribution in [0.5, 0.6) is 0 Å². The van der Waals surface area contributed by atoms with Crippen LogP contribution in [0.25, 0.3) is 0 Å². The van der Waals surface area contributed by atoms with Gasteiger partial charge in [-0.15, -0.1) is 0 Å². The first kappa shape index (κ1) is 10.8. The summed E-state index contributed by atoms with van der Waals surface area (Å²) in [5.74, 6) is 0.372. The van der Waals surface area contributed by atoms with Crippen molar-refractivity contribution in [2.75, 3.05) is 5.32 Å². The van der Waals surface area contributed by atoms with Crippen molar-refractivity contribution in [3.05, 3.63) is 40.8 Å². The van der Waals surface area contributed by atoms with Crippen LogP contribution in [0.15, 0.2) is 35.1 Å². The lowest BCUT2D eigenvalue weighted by Gasteiger charge is -2.04. The fraction of sp³-hybridized carbons (Fsp3) is 0.100. The summed E-state index contributed by atoms with van der Waals surface area (Å²) in [7, 11) is 1.75. The number of nitrogens with zero attached hydrogens (tertiary/aromatic N) is 3. The third kappa shape index (κ3) is 2.27. The molecule has 0 saturated heterocycles. The second-order valence-electron chi connectivity index (χ2n) is 3.14. The summed E-state index contributed by atoms with van der Waals surface area (Å²) < 4.78 is 2.21. The van der Waals surface area contributed by atoms with Crippen LogP contribution in [0.2, 0.25) is 0 Å². The number of pyridine rings is 1. The fourth-order valence-electron chi connectivity index (χ4n) is 1.21. The fourth-order valence-corrected chi connectivity index (χ4v) is 1.56. The van der Waals surface area contributed by atoms with Crippen molar-refractivity contribution in [2.24, 2.45) is 7.05 Å². The molecule has 0 atom stereocenters. The van der Waals surface area contributed by atoms with E-state index in [1.165, 1.54) is 0 Å². The maximum atomic E-state index is 11.8. The summed E-state index contributed by atoms with van der Waals surface area (Å²) >= 11 is 3.21. The van der Waals surface area contributed by atoms with Gasteiger partial charge in [0, 0.05) is 13.1 Å². The Morgan fingerprint density at radius 1 is 1.44 bits per heavy atom. The number of hydrogen-bond donors (Lipinski definition) is 1. The molecule has 0 fully saturated rings. The van der Waals surface area contributed by atoms with Gasteiger partial charge in [-0.25, -0.2) is 4.98 Å². The second kappa shape index (κ2) is 4.44. The molecular formula is C10H9BrN4O. The molecule has 0 bridgehead atoms. The van der Waals surface area contributed by atoms with Crippen molar-refractivity contribution in [3.8, 4) is 0 Å². The highest BCUT2D eigenvalue weighted by atomic mass is 79.9. The molecule has 2 aromatic heterocycles. The van der Waals surface area contributed by atoms with Crippen molar-refractivity contribution in [3.63, 3.8) is 0 Å². The average Bonchev–Trinajstić information content (AvgIpc) is 2.64. The Labute approximate surface area is 101 Å². The van der Waals surface area contributed by atoms with Gasteiger partial charge in [0.15, 0.2) is 0 Å². The van der Waals surface area contributed by atoms with E-state index in [1.807, 2.05) is 0 Å². The lowest BCUT2D eigenvalue weighted by molar-refractivity contribution is 0.102. The quantitative estimate of drug-likeness (QED) is 0.854. The predicted molar refractivity (Wildman–Crippen MR) is 63.1 cm³/mol. The largest absolute Gasteiger partial charge is 0.305 e. The Morgan fingerprint density at radius 2 is 2.25 bits per heavy atom. The summed E-state index contributed by atoms with van der Waals surface area (Å²) in [5.41, 5.74) is 0.357. The van der Waals surface area contributed by atoms with Gasteiger partial charge in [0.1, 0.15) is 16.1 Å². The van der Waals surface area contributed by atoms with Gasteiger partial charge in [-0.05, 0) is 28.1 Å². The van der Waals surface area contributed by atoms with Crippen LogP contribution in [0.3, 0.4) is 0 Å². The number of aromatic nitrogens is 3. The Bertz CT molecular complexity index is 523. The lowest BCUT2D eigenvalue weighted by Crippen LogP contribution is -2.15. The van der Waals surface area contributed by atoms with E-state index in [9.17, 15) is 4.79 Å². The SMILES string of the molecule is Cn1nccc1NC(=O)c1cccc(Br)n1. The number of amides is 1. The molecule has 0 aliphatic rings. The van der Waals surface area contributed by atoms with Crippen LogP contribution >= 0.6 is 15.9 Å². The number of anilines is 1. The van der Waals surface area contributed by atoms with Crippen LogP contribution in [-0.4, -0.2) is 20.7 Å². The first-order valence-corrected chi connectivity index (χ1v) is 5.38. The van der Waals surface area contributed by atoms with E-state index in [0.717, 1.165) is 0 Å². The van der Waals surface area contributed by atoms with Crippen LogP contribution in [-0.2, 0) is 7.05 Å². The number of aryl methyl sites for hydroxylation is 1. The highest BCUT2D eigenvalue weighted by Crippen LogP contribution is 2.09. The van der Waals surface area contributed by atoms with E-state index >= 15 is 0 Å². The molecule has 5 nitrogen and oxygen atoms in total. The summed E-state index contributed by atoms with van der Waals surface area (Å²) in [5, 5.41) is 6.67. The predicted octanol–water partition coefficient (Wildman–Crippen LogP) is 1.83. The van der Waals surface area contributed by atoms with E-state index < -0.39 is 0 Å². The zero-order chi connectivity index (χ0) is 11.5. The summed E-state index contributed by atoms with van der Waals surface area (Å²) in [4.78, 5) is 15.8. The Morgan fingerprint density at radius 3 is 2.88 bits per heavy atom. The highest BCUT2D eigenvalue weighted by Gasteiger charge is 2.09. The second-order valence-corrected chi connectivity index (χ2v) is 3.95. The summed E-state index contributed by atoms with van der Waals surface area (Å²) in [6.45, 7) is 0. The molecule has 0 unspecified atom stereocenters. The van der Waals surface area contributed by atoms with Crippen LogP contribution in [0.1, 0.15) is 10.5 Å². The standard InChI is InChI=1S/C10H9BrN4O/c1-15-9(5-6-12-15)14-10(16)7-3-2-4-8(11)13-7/h2-6H,1H3,(H,14,16). The van der Waals surface area contributed by atoms with Gasteiger partial charge in [-0.3, -0.25) is 9.48 Å². The molecule has 2 rings (SSSR count). The molecule has 1 N–H and O–H groups in total. The molecular weight excluding hydrogens is 272 g/mol. The van der Waals surface area contributed by atoms with Gasteiger partial charge in [0.25, 0.3) is 5.91 Å². The third-order valence-electron chi connectivity index (χ3n) is 2.01. The molecule has 0 aromatic carbocycles. The Kier molecular flexibility index (Phi) is 3.00. The molecule has 16 heavy (non-hydrogen) atoms. The first-order valence-electron chi connectivity index (χ1n) is 4.59. The van der Waals surface area contributed by atoms with Crippen molar-refractivity contribution in [1.29, 1.82) is 0 Å². The number of nitrogens with one attached hydrogen (secondary N) is 1. The topological polar surface area (TPSA) is 59.8 Å². The number of carbonyl (C=O) groups is 1. The molecule has 0 saturated carbocycles. The minimum Gasteiger partial charge on any atom is -0.305 e. The van der Waals surface area contributed by atoms with Crippen molar-refractivity contribution < 1.29 is 4.79 Å². The van der Waals surface area contributed by atoms with Crippen LogP contribution in [0, 0.1) is 0 Å². The Hall–Kier alpha value is -1.69. The molecule has 6 heteroatoms. The minimum atomic E-state index is -0.259. The highest BCUT2D eigenvalue weighted by molar-refractivity contribution is 9.10. The van der Waals surface area contributed by atoms with Gasteiger partial charge in [0.05, 0.1) is 6.20 Å². The number of rotatable bonds is 2. The van der Waals surface area contributed by atoms with E-state index in [4.69, 9.17) is 0 Å². The molecule has 2 heterocycles. The Balaban J connectivity index is 2.18. The molecule has 0 aliphatic carbocycles. The van der Waals surface area contributed by atoms with Crippen molar-refractivity contribution in [2.45, 2.75) is 0 Å². The molecule has 0 aliphatic heterocycles. The molecule has 0 spiro atoms. The van der Waals surface area contributed by atoms with Crippen LogP contribution < -0.4 is 5.32 Å².